The van der Waals surface area contributed by atoms with Crippen molar-refractivity contribution in [2.24, 2.45) is 0 Å². The van der Waals surface area contributed by atoms with Gasteiger partial charge in [-0.05, 0) is 12.1 Å². The van der Waals surface area contributed by atoms with Crippen LogP contribution in [0.3, 0.4) is 0 Å². The summed E-state index contributed by atoms with van der Waals surface area (Å²) in [6.07, 6.45) is 0.678. The van der Waals surface area contributed by atoms with E-state index in [9.17, 15) is 4.79 Å². The summed E-state index contributed by atoms with van der Waals surface area (Å²) in [5, 5.41) is 9.11. The van der Waals surface area contributed by atoms with Crippen LogP contribution in [-0.4, -0.2) is 25.6 Å². The number of rotatable bonds is 4. The predicted octanol–water partition coefficient (Wildman–Crippen LogP) is 1.01. The van der Waals surface area contributed by atoms with Crippen LogP contribution in [0.15, 0.2) is 12.1 Å². The predicted molar refractivity (Wildman–Crippen MR) is 50.9 cm³/mol. The number of aliphatic hydroxyl groups excluding tert-OH is 1. The van der Waals surface area contributed by atoms with E-state index < -0.39 is 0 Å². The molecule has 4 heteroatoms. The fourth-order valence-corrected chi connectivity index (χ4v) is 1.30. The Hall–Kier alpha value is -1.55. The van der Waals surface area contributed by atoms with Crippen molar-refractivity contribution in [1.29, 1.82) is 0 Å². The minimum atomic E-state index is -0.228. The van der Waals surface area contributed by atoms with Gasteiger partial charge in [-0.25, -0.2) is 0 Å². The molecule has 1 aromatic rings. The summed E-state index contributed by atoms with van der Waals surface area (Å²) in [6.45, 7) is -0.228. The van der Waals surface area contributed by atoms with Crippen molar-refractivity contribution in [3.63, 3.8) is 0 Å². The average molecular weight is 196 g/mol. The number of aliphatic hydroxyl groups is 1. The summed E-state index contributed by atoms with van der Waals surface area (Å²) in [4.78, 5) is 10.7. The largest absolute Gasteiger partial charge is 0.496 e. The van der Waals surface area contributed by atoms with Crippen LogP contribution in [0.2, 0.25) is 0 Å². The third kappa shape index (κ3) is 1.70. The first-order valence-electron chi connectivity index (χ1n) is 4.08. The second-order valence-corrected chi connectivity index (χ2v) is 2.64. The zero-order chi connectivity index (χ0) is 10.6. The van der Waals surface area contributed by atoms with Crippen molar-refractivity contribution >= 4 is 6.29 Å². The first-order chi connectivity index (χ1) is 6.78. The van der Waals surface area contributed by atoms with Gasteiger partial charge >= 0.3 is 0 Å². The third-order valence-electron chi connectivity index (χ3n) is 1.96. The first-order valence-corrected chi connectivity index (χ1v) is 4.08. The molecular weight excluding hydrogens is 184 g/mol. The Morgan fingerprint density at radius 2 is 2.07 bits per heavy atom. The Morgan fingerprint density at radius 1 is 1.36 bits per heavy atom. The van der Waals surface area contributed by atoms with E-state index in [4.69, 9.17) is 14.6 Å². The maximum absolute atomic E-state index is 10.7. The Balaban J connectivity index is 3.35. The van der Waals surface area contributed by atoms with E-state index >= 15 is 0 Å². The molecule has 1 rings (SSSR count). The van der Waals surface area contributed by atoms with Gasteiger partial charge in [0.1, 0.15) is 11.5 Å². The molecule has 0 aromatic heterocycles. The molecule has 0 heterocycles. The minimum Gasteiger partial charge on any atom is -0.496 e. The molecule has 0 bridgehead atoms. The Kier molecular flexibility index (Phi) is 3.48. The standard InChI is InChI=1S/C10H12O4/c1-13-9-4-3-7(5-11)10(14-2)8(9)6-12/h3-5,12H,6H2,1-2H3. The quantitative estimate of drug-likeness (QED) is 0.730. The van der Waals surface area contributed by atoms with Gasteiger partial charge in [-0.15, -0.1) is 0 Å². The topological polar surface area (TPSA) is 55.8 Å². The molecule has 0 radical (unpaired) electrons. The van der Waals surface area contributed by atoms with Crippen molar-refractivity contribution in [2.75, 3.05) is 14.2 Å². The molecule has 0 atom stereocenters. The average Bonchev–Trinajstić information content (AvgIpc) is 2.26. The van der Waals surface area contributed by atoms with Gasteiger partial charge in [0.05, 0.1) is 32.0 Å². The Bertz CT molecular complexity index is 333. The lowest BCUT2D eigenvalue weighted by molar-refractivity contribution is 0.112. The Labute approximate surface area is 82.1 Å². The van der Waals surface area contributed by atoms with Gasteiger partial charge in [0.25, 0.3) is 0 Å². The number of methoxy groups -OCH3 is 2. The van der Waals surface area contributed by atoms with E-state index in [0.29, 0.717) is 28.9 Å². The molecule has 4 nitrogen and oxygen atoms in total. The molecule has 14 heavy (non-hydrogen) atoms. The fraction of sp³-hybridized carbons (Fsp3) is 0.300. The summed E-state index contributed by atoms with van der Waals surface area (Å²) in [5.41, 5.74) is 0.886. The maximum atomic E-state index is 10.7. The van der Waals surface area contributed by atoms with Crippen LogP contribution < -0.4 is 9.47 Å². The number of carbonyl (C=O) groups is 1. The molecule has 1 aromatic carbocycles. The van der Waals surface area contributed by atoms with Gasteiger partial charge in [0.2, 0.25) is 0 Å². The van der Waals surface area contributed by atoms with Gasteiger partial charge in [-0.1, -0.05) is 0 Å². The van der Waals surface area contributed by atoms with Gasteiger partial charge < -0.3 is 14.6 Å². The van der Waals surface area contributed by atoms with Crippen LogP contribution >= 0.6 is 0 Å². The molecule has 0 saturated carbocycles. The summed E-state index contributed by atoms with van der Waals surface area (Å²) >= 11 is 0. The van der Waals surface area contributed by atoms with Crippen LogP contribution in [0, 0.1) is 0 Å². The van der Waals surface area contributed by atoms with Gasteiger partial charge in [-0.3, -0.25) is 4.79 Å². The SMILES string of the molecule is COc1ccc(C=O)c(OC)c1CO. The molecular formula is C10H12O4. The maximum Gasteiger partial charge on any atom is 0.153 e. The van der Waals surface area contributed by atoms with E-state index in [0.717, 1.165) is 0 Å². The lowest BCUT2D eigenvalue weighted by atomic mass is 10.1. The van der Waals surface area contributed by atoms with E-state index in [1.807, 2.05) is 0 Å². The Morgan fingerprint density at radius 3 is 2.50 bits per heavy atom. The smallest absolute Gasteiger partial charge is 0.153 e. The van der Waals surface area contributed by atoms with Crippen molar-refractivity contribution in [1.82, 2.24) is 0 Å². The highest BCUT2D eigenvalue weighted by atomic mass is 16.5. The van der Waals surface area contributed by atoms with Crippen LogP contribution in [0.4, 0.5) is 0 Å². The minimum absolute atomic E-state index is 0.228. The summed E-state index contributed by atoms with van der Waals surface area (Å²) in [6, 6.07) is 3.21. The highest BCUT2D eigenvalue weighted by Gasteiger charge is 2.13. The number of carbonyl (C=O) groups excluding carboxylic acids is 1. The van der Waals surface area contributed by atoms with Crippen molar-refractivity contribution in [3.05, 3.63) is 23.3 Å². The first kappa shape index (κ1) is 10.5. The van der Waals surface area contributed by atoms with Crippen LogP contribution in [-0.2, 0) is 6.61 Å². The zero-order valence-electron chi connectivity index (χ0n) is 8.11. The lowest BCUT2D eigenvalue weighted by Crippen LogP contribution is -2.00. The molecule has 76 valence electrons. The number of hydrogen-bond acceptors (Lipinski definition) is 4. The second kappa shape index (κ2) is 4.62. The third-order valence-corrected chi connectivity index (χ3v) is 1.96. The molecule has 0 aliphatic rings. The van der Waals surface area contributed by atoms with E-state index in [-0.39, 0.29) is 6.61 Å². The summed E-state index contributed by atoms with van der Waals surface area (Å²) < 4.78 is 10.1. The molecule has 0 aliphatic heterocycles. The summed E-state index contributed by atoms with van der Waals surface area (Å²) in [5.74, 6) is 0.872. The van der Waals surface area contributed by atoms with E-state index in [1.54, 1.807) is 12.1 Å². The lowest BCUT2D eigenvalue weighted by Gasteiger charge is -2.12. The molecule has 0 amide bonds. The van der Waals surface area contributed by atoms with Gasteiger partial charge in [0, 0.05) is 0 Å². The van der Waals surface area contributed by atoms with E-state index in [1.165, 1.54) is 14.2 Å². The van der Waals surface area contributed by atoms with Crippen molar-refractivity contribution < 1.29 is 19.4 Å². The number of ether oxygens (including phenoxy) is 2. The molecule has 0 spiro atoms. The van der Waals surface area contributed by atoms with Crippen LogP contribution in [0.1, 0.15) is 15.9 Å². The monoisotopic (exact) mass is 196 g/mol. The van der Waals surface area contributed by atoms with Crippen molar-refractivity contribution in [3.8, 4) is 11.5 Å². The van der Waals surface area contributed by atoms with E-state index in [2.05, 4.69) is 0 Å². The molecule has 1 N–H and O–H groups in total. The number of hydrogen-bond donors (Lipinski definition) is 1. The molecule has 0 aliphatic carbocycles. The highest BCUT2D eigenvalue weighted by Crippen LogP contribution is 2.31. The fourth-order valence-electron chi connectivity index (χ4n) is 1.30. The van der Waals surface area contributed by atoms with Crippen LogP contribution in [0.25, 0.3) is 0 Å². The zero-order valence-corrected chi connectivity index (χ0v) is 8.11. The highest BCUT2D eigenvalue weighted by molar-refractivity contribution is 5.81. The van der Waals surface area contributed by atoms with Gasteiger partial charge in [0.15, 0.2) is 6.29 Å². The van der Waals surface area contributed by atoms with Crippen molar-refractivity contribution in [2.45, 2.75) is 6.61 Å². The molecule has 0 fully saturated rings. The number of benzene rings is 1. The molecule has 0 unspecified atom stereocenters. The van der Waals surface area contributed by atoms with Crippen LogP contribution in [0.5, 0.6) is 11.5 Å². The normalized spacial score (nSPS) is 9.64. The van der Waals surface area contributed by atoms with Gasteiger partial charge in [-0.2, -0.15) is 0 Å². The second-order valence-electron chi connectivity index (χ2n) is 2.64. The summed E-state index contributed by atoms with van der Waals surface area (Å²) in [7, 11) is 2.94. The number of aldehydes is 1. The molecule has 0 saturated heterocycles.